The maximum absolute atomic E-state index is 8.67. The first kappa shape index (κ1) is 8.23. The van der Waals surface area contributed by atoms with Crippen LogP contribution in [0.2, 0.25) is 0 Å². The summed E-state index contributed by atoms with van der Waals surface area (Å²) >= 11 is 1.48. The van der Waals surface area contributed by atoms with Crippen LogP contribution in [0, 0.1) is 0 Å². The lowest BCUT2D eigenvalue weighted by Gasteiger charge is -1.94. The largest absolute Gasteiger partial charge is 0.390 e. The van der Waals surface area contributed by atoms with Crippen molar-refractivity contribution in [2.75, 3.05) is 11.9 Å². The molecule has 0 saturated heterocycles. The molecule has 1 aromatic rings. The molecule has 0 radical (unpaired) electrons. The summed E-state index contributed by atoms with van der Waals surface area (Å²) in [5.74, 6) is 0. The average Bonchev–Trinajstić information content (AvgIpc) is 2.48. The van der Waals surface area contributed by atoms with Gasteiger partial charge in [0.05, 0.1) is 12.3 Å². The van der Waals surface area contributed by atoms with Crippen LogP contribution in [0.3, 0.4) is 0 Å². The fourth-order valence-corrected chi connectivity index (χ4v) is 1.33. The van der Waals surface area contributed by atoms with E-state index in [1.807, 2.05) is 5.38 Å². The molecule has 0 aliphatic carbocycles. The molecule has 0 amide bonds. The molecule has 0 aliphatic rings. The summed E-state index contributed by atoms with van der Waals surface area (Å²) in [6.07, 6.45) is 1.76. The first-order valence-corrected chi connectivity index (χ1v) is 4.15. The number of aromatic nitrogens is 1. The van der Waals surface area contributed by atoms with E-state index in [0.29, 0.717) is 12.2 Å². The van der Waals surface area contributed by atoms with Crippen LogP contribution in [0.4, 0.5) is 5.13 Å². The van der Waals surface area contributed by atoms with Crippen molar-refractivity contribution < 1.29 is 5.11 Å². The van der Waals surface area contributed by atoms with E-state index >= 15 is 0 Å². The minimum atomic E-state index is 0.00622. The van der Waals surface area contributed by atoms with Gasteiger partial charge in [-0.1, -0.05) is 6.08 Å². The SMILES string of the molecule is C=CCNc1nc(CO)cs1. The van der Waals surface area contributed by atoms with Gasteiger partial charge in [0.15, 0.2) is 5.13 Å². The van der Waals surface area contributed by atoms with Crippen molar-refractivity contribution in [2.45, 2.75) is 6.61 Å². The molecule has 1 heterocycles. The van der Waals surface area contributed by atoms with Crippen LogP contribution in [-0.4, -0.2) is 16.6 Å². The molecular formula is C7H10N2OS. The second-order valence-electron chi connectivity index (χ2n) is 1.97. The van der Waals surface area contributed by atoms with E-state index in [-0.39, 0.29) is 6.61 Å². The van der Waals surface area contributed by atoms with Crippen molar-refractivity contribution in [3.63, 3.8) is 0 Å². The molecule has 60 valence electrons. The Morgan fingerprint density at radius 1 is 1.82 bits per heavy atom. The van der Waals surface area contributed by atoms with Crippen LogP contribution in [-0.2, 0) is 6.61 Å². The van der Waals surface area contributed by atoms with Crippen LogP contribution >= 0.6 is 11.3 Å². The van der Waals surface area contributed by atoms with E-state index in [1.54, 1.807) is 6.08 Å². The van der Waals surface area contributed by atoms with Crippen molar-refractivity contribution in [2.24, 2.45) is 0 Å². The lowest BCUT2D eigenvalue weighted by Crippen LogP contribution is -1.96. The predicted octanol–water partition coefficient (Wildman–Crippen LogP) is 1.23. The molecule has 2 N–H and O–H groups in total. The van der Waals surface area contributed by atoms with Gasteiger partial charge in [0.1, 0.15) is 0 Å². The van der Waals surface area contributed by atoms with E-state index in [9.17, 15) is 0 Å². The summed E-state index contributed by atoms with van der Waals surface area (Å²) < 4.78 is 0. The van der Waals surface area contributed by atoms with Gasteiger partial charge in [0, 0.05) is 11.9 Å². The molecule has 0 atom stereocenters. The van der Waals surface area contributed by atoms with Gasteiger partial charge >= 0.3 is 0 Å². The number of hydrogen-bond donors (Lipinski definition) is 2. The topological polar surface area (TPSA) is 45.2 Å². The third-order valence-corrected chi connectivity index (χ3v) is 1.96. The third kappa shape index (κ3) is 2.32. The van der Waals surface area contributed by atoms with Gasteiger partial charge in [-0.25, -0.2) is 4.98 Å². The molecule has 0 aromatic carbocycles. The standard InChI is InChI=1S/C7H10N2OS/c1-2-3-8-7-9-6(4-10)5-11-7/h2,5,10H,1,3-4H2,(H,8,9). The first-order chi connectivity index (χ1) is 5.36. The Labute approximate surface area is 69.4 Å². The fourth-order valence-electron chi connectivity index (χ4n) is 0.620. The smallest absolute Gasteiger partial charge is 0.183 e. The van der Waals surface area contributed by atoms with Gasteiger partial charge in [0.25, 0.3) is 0 Å². The maximum Gasteiger partial charge on any atom is 0.183 e. The van der Waals surface area contributed by atoms with Crippen LogP contribution in [0.25, 0.3) is 0 Å². The summed E-state index contributed by atoms with van der Waals surface area (Å²) in [5, 5.41) is 14.4. The fraction of sp³-hybridized carbons (Fsp3) is 0.286. The molecule has 0 unspecified atom stereocenters. The summed E-state index contributed by atoms with van der Waals surface area (Å²) in [7, 11) is 0. The Kier molecular flexibility index (Phi) is 3.07. The molecule has 1 aromatic heterocycles. The van der Waals surface area contributed by atoms with Gasteiger partial charge in [-0.15, -0.1) is 17.9 Å². The molecule has 0 aliphatic heterocycles. The Hall–Kier alpha value is -0.870. The second kappa shape index (κ2) is 4.10. The Morgan fingerprint density at radius 3 is 3.18 bits per heavy atom. The molecule has 1 rings (SSSR count). The van der Waals surface area contributed by atoms with Gasteiger partial charge in [0.2, 0.25) is 0 Å². The van der Waals surface area contributed by atoms with Crippen molar-refractivity contribution in [1.82, 2.24) is 4.98 Å². The highest BCUT2D eigenvalue weighted by molar-refractivity contribution is 7.13. The zero-order valence-electron chi connectivity index (χ0n) is 6.08. The number of aliphatic hydroxyl groups excluding tert-OH is 1. The highest BCUT2D eigenvalue weighted by Crippen LogP contribution is 2.14. The summed E-state index contributed by atoms with van der Waals surface area (Å²) in [6, 6.07) is 0. The highest BCUT2D eigenvalue weighted by Gasteiger charge is 1.97. The second-order valence-corrected chi connectivity index (χ2v) is 2.83. The number of aliphatic hydroxyl groups is 1. The van der Waals surface area contributed by atoms with Crippen LogP contribution in [0.15, 0.2) is 18.0 Å². The Morgan fingerprint density at radius 2 is 2.64 bits per heavy atom. The summed E-state index contributed by atoms with van der Waals surface area (Å²) in [4.78, 5) is 4.08. The molecular weight excluding hydrogens is 160 g/mol. The predicted molar refractivity (Wildman–Crippen MR) is 46.7 cm³/mol. The van der Waals surface area contributed by atoms with Crippen LogP contribution in [0.5, 0.6) is 0 Å². The minimum Gasteiger partial charge on any atom is -0.390 e. The van der Waals surface area contributed by atoms with Crippen molar-refractivity contribution in [3.05, 3.63) is 23.7 Å². The normalized spacial score (nSPS) is 9.55. The number of hydrogen-bond acceptors (Lipinski definition) is 4. The van der Waals surface area contributed by atoms with Gasteiger partial charge in [-0.3, -0.25) is 0 Å². The highest BCUT2D eigenvalue weighted by atomic mass is 32.1. The van der Waals surface area contributed by atoms with E-state index in [1.165, 1.54) is 11.3 Å². The number of rotatable bonds is 4. The monoisotopic (exact) mass is 170 g/mol. The van der Waals surface area contributed by atoms with Crippen molar-refractivity contribution >= 4 is 16.5 Å². The maximum atomic E-state index is 8.67. The number of anilines is 1. The van der Waals surface area contributed by atoms with E-state index in [4.69, 9.17) is 5.11 Å². The lowest BCUT2D eigenvalue weighted by molar-refractivity contribution is 0.278. The molecule has 0 fully saturated rings. The zero-order chi connectivity index (χ0) is 8.10. The van der Waals surface area contributed by atoms with E-state index in [0.717, 1.165) is 5.13 Å². The van der Waals surface area contributed by atoms with Gasteiger partial charge < -0.3 is 10.4 Å². The summed E-state index contributed by atoms with van der Waals surface area (Å²) in [6.45, 7) is 4.28. The van der Waals surface area contributed by atoms with Gasteiger partial charge in [-0.05, 0) is 0 Å². The molecule has 4 heteroatoms. The van der Waals surface area contributed by atoms with E-state index < -0.39 is 0 Å². The Balaban J connectivity index is 2.50. The van der Waals surface area contributed by atoms with Crippen LogP contribution in [0.1, 0.15) is 5.69 Å². The quantitative estimate of drug-likeness (QED) is 0.668. The van der Waals surface area contributed by atoms with Crippen molar-refractivity contribution in [1.29, 1.82) is 0 Å². The van der Waals surface area contributed by atoms with E-state index in [2.05, 4.69) is 16.9 Å². The number of thiazole rings is 1. The lowest BCUT2D eigenvalue weighted by atomic mass is 10.5. The number of nitrogens with zero attached hydrogens (tertiary/aromatic N) is 1. The minimum absolute atomic E-state index is 0.00622. The van der Waals surface area contributed by atoms with Crippen molar-refractivity contribution in [3.8, 4) is 0 Å². The number of nitrogens with one attached hydrogen (secondary N) is 1. The molecule has 0 bridgehead atoms. The van der Waals surface area contributed by atoms with Gasteiger partial charge in [-0.2, -0.15) is 0 Å². The van der Waals surface area contributed by atoms with Crippen LogP contribution < -0.4 is 5.32 Å². The molecule has 3 nitrogen and oxygen atoms in total. The molecule has 11 heavy (non-hydrogen) atoms. The first-order valence-electron chi connectivity index (χ1n) is 3.27. The summed E-state index contributed by atoms with van der Waals surface area (Å²) in [5.41, 5.74) is 0.710. The zero-order valence-corrected chi connectivity index (χ0v) is 6.90. The molecule has 0 spiro atoms. The third-order valence-electron chi connectivity index (χ3n) is 1.11. The average molecular weight is 170 g/mol. The molecule has 0 saturated carbocycles. The Bertz CT molecular complexity index is 234.